The van der Waals surface area contributed by atoms with E-state index in [0.29, 0.717) is 44.2 Å². The summed E-state index contributed by atoms with van der Waals surface area (Å²) < 4.78 is 14.7. The monoisotopic (exact) mass is 518 g/mol. The van der Waals surface area contributed by atoms with Crippen LogP contribution in [-0.2, 0) is 18.4 Å². The highest BCUT2D eigenvalue weighted by atomic mass is 16.5. The van der Waals surface area contributed by atoms with E-state index < -0.39 is 0 Å². The Balaban J connectivity index is 1.59. The number of methoxy groups -OCH3 is 2. The highest BCUT2D eigenvalue weighted by Crippen LogP contribution is 2.36. The van der Waals surface area contributed by atoms with E-state index in [0.717, 1.165) is 45.5 Å². The molecule has 0 aliphatic carbocycles. The minimum absolute atomic E-state index is 0.101. The van der Waals surface area contributed by atoms with E-state index in [9.17, 15) is 4.79 Å². The molecule has 3 aromatic heterocycles. The molecule has 5 rings (SSSR count). The van der Waals surface area contributed by atoms with E-state index in [-0.39, 0.29) is 5.91 Å². The number of aromatic nitrogens is 5. The highest BCUT2D eigenvalue weighted by Gasteiger charge is 2.23. The van der Waals surface area contributed by atoms with E-state index in [1.165, 1.54) is 0 Å². The topological polar surface area (TPSA) is 102 Å². The smallest absolute Gasteiger partial charge is 0.219 e. The molecule has 4 aromatic rings. The molecule has 4 heterocycles. The number of nitrogens with one attached hydrogen (secondary N) is 1. The summed E-state index contributed by atoms with van der Waals surface area (Å²) in [5.41, 5.74) is 5.49. The van der Waals surface area contributed by atoms with Crippen LogP contribution in [0.4, 0.5) is 11.6 Å². The molecule has 1 aromatic carbocycles. The second-order valence-electron chi connectivity index (χ2n) is 9.51. The molecule has 1 aliphatic rings. The molecule has 200 valence electrons. The fourth-order valence-electron chi connectivity index (χ4n) is 4.99. The van der Waals surface area contributed by atoms with Crippen LogP contribution in [0.25, 0.3) is 16.8 Å². The van der Waals surface area contributed by atoms with Crippen molar-refractivity contribution in [3.63, 3.8) is 0 Å². The van der Waals surface area contributed by atoms with E-state index in [1.54, 1.807) is 21.1 Å². The van der Waals surface area contributed by atoms with Gasteiger partial charge in [0.05, 0.1) is 37.8 Å². The lowest BCUT2D eigenvalue weighted by atomic mass is 10.1. The molecule has 0 atom stereocenters. The van der Waals surface area contributed by atoms with Gasteiger partial charge in [-0.25, -0.2) is 4.98 Å². The van der Waals surface area contributed by atoms with Gasteiger partial charge in [0.25, 0.3) is 0 Å². The lowest BCUT2D eigenvalue weighted by molar-refractivity contribution is -0.129. The van der Waals surface area contributed by atoms with Crippen molar-refractivity contribution < 1.29 is 14.3 Å². The molecule has 0 spiro atoms. The van der Waals surface area contributed by atoms with Crippen molar-refractivity contribution in [1.29, 1.82) is 0 Å². The predicted molar refractivity (Wildman–Crippen MR) is 146 cm³/mol. The van der Waals surface area contributed by atoms with Crippen molar-refractivity contribution in [3.05, 3.63) is 47.4 Å². The van der Waals surface area contributed by atoms with Gasteiger partial charge in [-0.15, -0.1) is 0 Å². The number of nitrogens with zero attached hydrogens (tertiary/aromatic N) is 7. The number of rotatable bonds is 7. The zero-order valence-electron chi connectivity index (χ0n) is 22.8. The number of hydrogen-bond donors (Lipinski definition) is 1. The maximum Gasteiger partial charge on any atom is 0.219 e. The zero-order chi connectivity index (χ0) is 27.0. The number of anilines is 2. The van der Waals surface area contributed by atoms with Crippen molar-refractivity contribution in [2.24, 2.45) is 7.05 Å². The predicted octanol–water partition coefficient (Wildman–Crippen LogP) is 3.04. The van der Waals surface area contributed by atoms with Gasteiger partial charge in [-0.3, -0.25) is 9.48 Å². The van der Waals surface area contributed by atoms with Crippen LogP contribution >= 0.6 is 0 Å². The molecule has 0 unspecified atom stereocenters. The van der Waals surface area contributed by atoms with Gasteiger partial charge < -0.3 is 24.6 Å². The van der Waals surface area contributed by atoms with Gasteiger partial charge in [0.2, 0.25) is 5.91 Å². The summed E-state index contributed by atoms with van der Waals surface area (Å²) in [5.74, 6) is 3.07. The molecule has 0 radical (unpaired) electrons. The number of benzene rings is 1. The highest BCUT2D eigenvalue weighted by molar-refractivity contribution is 5.83. The Kier molecular flexibility index (Phi) is 6.83. The Bertz CT molecular complexity index is 1480. The van der Waals surface area contributed by atoms with E-state index in [1.807, 2.05) is 59.3 Å². The third kappa shape index (κ3) is 4.71. The van der Waals surface area contributed by atoms with E-state index in [4.69, 9.17) is 19.6 Å². The molecular weight excluding hydrogens is 484 g/mol. The standard InChI is InChI=1S/C27H34N8O3/c1-17-13-21(32(4)30-17)16-28-24-15-25(34-11-9-33(10-12-34)19(3)36)29-27-26(18(2)31-35(24)27)20-7-8-22(37-5)23(14-20)38-6/h7-8,13-15,28H,9-12,16H2,1-6H3. The number of hydrogen-bond acceptors (Lipinski definition) is 8. The summed E-state index contributed by atoms with van der Waals surface area (Å²) in [6.07, 6.45) is 0. The summed E-state index contributed by atoms with van der Waals surface area (Å²) in [4.78, 5) is 21.1. The van der Waals surface area contributed by atoms with Crippen LogP contribution < -0.4 is 19.7 Å². The van der Waals surface area contributed by atoms with Gasteiger partial charge in [-0.2, -0.15) is 14.7 Å². The molecule has 1 fully saturated rings. The Hall–Kier alpha value is -4.28. The van der Waals surface area contributed by atoms with Gasteiger partial charge in [0, 0.05) is 51.8 Å². The lowest BCUT2D eigenvalue weighted by Gasteiger charge is -2.35. The molecule has 1 saturated heterocycles. The van der Waals surface area contributed by atoms with E-state index >= 15 is 0 Å². The van der Waals surface area contributed by atoms with Crippen molar-refractivity contribution in [2.75, 3.05) is 50.6 Å². The molecule has 11 heteroatoms. The second-order valence-corrected chi connectivity index (χ2v) is 9.51. The average molecular weight is 519 g/mol. The first kappa shape index (κ1) is 25.4. The van der Waals surface area contributed by atoms with Crippen LogP contribution in [0.2, 0.25) is 0 Å². The SMILES string of the molecule is COc1ccc(-c2c(C)nn3c(NCc4cc(C)nn4C)cc(N4CCN(C(C)=O)CC4)nc23)cc1OC. The van der Waals surface area contributed by atoms with Crippen LogP contribution in [0.5, 0.6) is 11.5 Å². The quantitative estimate of drug-likeness (QED) is 0.398. The van der Waals surface area contributed by atoms with Crippen molar-refractivity contribution >= 4 is 23.2 Å². The third-order valence-corrected chi connectivity index (χ3v) is 7.02. The van der Waals surface area contributed by atoms with Crippen molar-refractivity contribution in [1.82, 2.24) is 29.3 Å². The maximum absolute atomic E-state index is 11.9. The Morgan fingerprint density at radius 3 is 2.37 bits per heavy atom. The molecule has 1 N–H and O–H groups in total. The fourth-order valence-corrected chi connectivity index (χ4v) is 4.99. The molecule has 38 heavy (non-hydrogen) atoms. The first-order valence-electron chi connectivity index (χ1n) is 12.7. The van der Waals surface area contributed by atoms with Gasteiger partial charge in [-0.05, 0) is 37.6 Å². The van der Waals surface area contributed by atoms with Crippen LogP contribution in [0.15, 0.2) is 30.3 Å². The van der Waals surface area contributed by atoms with Gasteiger partial charge in [0.15, 0.2) is 17.1 Å². The number of amides is 1. The minimum Gasteiger partial charge on any atom is -0.493 e. The van der Waals surface area contributed by atoms with Crippen LogP contribution in [0, 0.1) is 13.8 Å². The van der Waals surface area contributed by atoms with Crippen LogP contribution in [-0.4, -0.2) is 75.6 Å². The number of carbonyl (C=O) groups is 1. The molecular formula is C27H34N8O3. The number of piperazine rings is 1. The molecule has 1 aliphatic heterocycles. The average Bonchev–Trinajstić information content (AvgIpc) is 3.43. The largest absolute Gasteiger partial charge is 0.493 e. The fraction of sp³-hybridized carbons (Fsp3) is 0.407. The van der Waals surface area contributed by atoms with Crippen molar-refractivity contribution in [2.45, 2.75) is 27.3 Å². The first-order chi connectivity index (χ1) is 18.3. The molecule has 1 amide bonds. The van der Waals surface area contributed by atoms with Gasteiger partial charge >= 0.3 is 0 Å². The zero-order valence-corrected chi connectivity index (χ0v) is 22.8. The van der Waals surface area contributed by atoms with Crippen LogP contribution in [0.3, 0.4) is 0 Å². The Morgan fingerprint density at radius 1 is 1.00 bits per heavy atom. The van der Waals surface area contributed by atoms with E-state index in [2.05, 4.69) is 21.4 Å². The normalized spacial score (nSPS) is 13.7. The van der Waals surface area contributed by atoms with Crippen LogP contribution in [0.1, 0.15) is 24.0 Å². The summed E-state index contributed by atoms with van der Waals surface area (Å²) >= 11 is 0. The summed E-state index contributed by atoms with van der Waals surface area (Å²) in [6, 6.07) is 9.94. The second kappa shape index (κ2) is 10.2. The maximum atomic E-state index is 11.9. The number of fused-ring (bicyclic) bond motifs is 1. The minimum atomic E-state index is 0.101. The van der Waals surface area contributed by atoms with Gasteiger partial charge in [-0.1, -0.05) is 6.07 Å². The van der Waals surface area contributed by atoms with Gasteiger partial charge in [0.1, 0.15) is 11.6 Å². The summed E-state index contributed by atoms with van der Waals surface area (Å²) in [6.45, 7) is 8.93. The molecule has 0 saturated carbocycles. The molecule has 0 bridgehead atoms. The first-order valence-corrected chi connectivity index (χ1v) is 12.7. The lowest BCUT2D eigenvalue weighted by Crippen LogP contribution is -2.48. The number of carbonyl (C=O) groups excluding carboxylic acids is 1. The Morgan fingerprint density at radius 2 is 1.74 bits per heavy atom. The number of aryl methyl sites for hydroxylation is 3. The molecule has 11 nitrogen and oxygen atoms in total. The summed E-state index contributed by atoms with van der Waals surface area (Å²) in [5, 5.41) is 12.9. The summed E-state index contributed by atoms with van der Waals surface area (Å²) in [7, 11) is 5.20. The Labute approximate surface area is 222 Å². The number of ether oxygens (including phenoxy) is 2. The third-order valence-electron chi connectivity index (χ3n) is 7.02. The van der Waals surface area contributed by atoms with Crippen molar-refractivity contribution in [3.8, 4) is 22.6 Å².